The summed E-state index contributed by atoms with van der Waals surface area (Å²) in [6.07, 6.45) is 0. The van der Waals surface area contributed by atoms with Crippen molar-refractivity contribution in [1.29, 1.82) is 0 Å². The molecule has 5 heteroatoms. The number of aryl methyl sites for hydroxylation is 2. The summed E-state index contributed by atoms with van der Waals surface area (Å²) in [6.45, 7) is 3.59. The molecular formula is C15H15ClN2O2. The van der Waals surface area contributed by atoms with Gasteiger partial charge in [0.2, 0.25) is 0 Å². The van der Waals surface area contributed by atoms with Crippen molar-refractivity contribution < 1.29 is 9.90 Å². The Morgan fingerprint density at radius 3 is 2.55 bits per heavy atom. The molecule has 0 saturated carbocycles. The first-order valence-electron chi connectivity index (χ1n) is 6.09. The number of nitrogens with one attached hydrogen (secondary N) is 2. The lowest BCUT2D eigenvalue weighted by Gasteiger charge is -2.11. The topological polar surface area (TPSA) is 61.4 Å². The summed E-state index contributed by atoms with van der Waals surface area (Å²) < 4.78 is 0. The monoisotopic (exact) mass is 290 g/mol. The second-order valence-electron chi connectivity index (χ2n) is 4.54. The van der Waals surface area contributed by atoms with Gasteiger partial charge in [0.15, 0.2) is 0 Å². The van der Waals surface area contributed by atoms with E-state index in [2.05, 4.69) is 10.6 Å². The minimum absolute atomic E-state index is 0.211. The number of phenolic OH excluding ortho intramolecular Hbond substituents is 1. The van der Waals surface area contributed by atoms with Crippen LogP contribution in [-0.4, -0.2) is 11.1 Å². The average Bonchev–Trinajstić information content (AvgIpc) is 2.36. The van der Waals surface area contributed by atoms with Crippen LogP contribution in [0, 0.1) is 13.8 Å². The predicted molar refractivity (Wildman–Crippen MR) is 81.7 cm³/mol. The molecule has 4 nitrogen and oxygen atoms in total. The van der Waals surface area contributed by atoms with Crippen LogP contribution in [-0.2, 0) is 0 Å². The molecule has 0 aliphatic rings. The Bertz CT molecular complexity index is 656. The van der Waals surface area contributed by atoms with Crippen LogP contribution >= 0.6 is 11.6 Å². The van der Waals surface area contributed by atoms with Crippen molar-refractivity contribution in [2.24, 2.45) is 0 Å². The third-order valence-electron chi connectivity index (χ3n) is 2.87. The fourth-order valence-corrected chi connectivity index (χ4v) is 1.98. The maximum Gasteiger partial charge on any atom is 0.323 e. The first-order chi connectivity index (χ1) is 9.45. The summed E-state index contributed by atoms with van der Waals surface area (Å²) in [5, 5.41) is 15.6. The minimum Gasteiger partial charge on any atom is -0.508 e. The summed E-state index contributed by atoms with van der Waals surface area (Å²) in [4.78, 5) is 11.9. The van der Waals surface area contributed by atoms with Gasteiger partial charge < -0.3 is 15.7 Å². The average molecular weight is 291 g/mol. The number of hydrogen-bond donors (Lipinski definition) is 3. The number of benzene rings is 2. The molecule has 0 spiro atoms. The maximum atomic E-state index is 11.9. The summed E-state index contributed by atoms with van der Waals surface area (Å²) in [7, 11) is 0. The number of amides is 2. The molecule has 2 aromatic rings. The Hall–Kier alpha value is -2.20. The van der Waals surface area contributed by atoms with Crippen LogP contribution in [0.1, 0.15) is 11.1 Å². The van der Waals surface area contributed by atoms with Crippen LogP contribution < -0.4 is 10.6 Å². The Morgan fingerprint density at radius 2 is 1.85 bits per heavy atom. The summed E-state index contributed by atoms with van der Waals surface area (Å²) >= 11 is 5.85. The highest BCUT2D eigenvalue weighted by molar-refractivity contribution is 6.30. The van der Waals surface area contributed by atoms with Gasteiger partial charge in [-0.15, -0.1) is 0 Å². The van der Waals surface area contributed by atoms with E-state index < -0.39 is 0 Å². The van der Waals surface area contributed by atoms with Crippen molar-refractivity contribution in [2.75, 3.05) is 10.6 Å². The number of anilines is 2. The highest BCUT2D eigenvalue weighted by Crippen LogP contribution is 2.25. The SMILES string of the molecule is Cc1cc(NC(=O)Nc2cccc(Cl)c2)c(C)cc1O. The van der Waals surface area contributed by atoms with E-state index in [0.29, 0.717) is 22.0 Å². The van der Waals surface area contributed by atoms with Crippen LogP contribution in [0.15, 0.2) is 36.4 Å². The van der Waals surface area contributed by atoms with Crippen LogP contribution in [0.3, 0.4) is 0 Å². The maximum absolute atomic E-state index is 11.9. The van der Waals surface area contributed by atoms with E-state index in [1.54, 1.807) is 43.3 Å². The van der Waals surface area contributed by atoms with E-state index in [-0.39, 0.29) is 11.8 Å². The molecule has 0 atom stereocenters. The third kappa shape index (κ3) is 3.42. The number of halogens is 1. The Kier molecular flexibility index (Phi) is 4.15. The van der Waals surface area contributed by atoms with Crippen molar-refractivity contribution in [1.82, 2.24) is 0 Å². The van der Waals surface area contributed by atoms with Crippen LogP contribution in [0.4, 0.5) is 16.2 Å². The van der Waals surface area contributed by atoms with Gasteiger partial charge in [-0.25, -0.2) is 4.79 Å². The van der Waals surface area contributed by atoms with Gasteiger partial charge in [-0.2, -0.15) is 0 Å². The van der Waals surface area contributed by atoms with Gasteiger partial charge in [0.1, 0.15) is 5.75 Å². The molecule has 0 radical (unpaired) electrons. The second kappa shape index (κ2) is 5.84. The summed E-state index contributed by atoms with van der Waals surface area (Å²) in [5.74, 6) is 0.211. The van der Waals surface area contributed by atoms with Gasteiger partial charge in [0.25, 0.3) is 0 Å². The standard InChI is InChI=1S/C15H15ClN2O2/c1-9-7-14(19)10(2)6-13(9)18-15(20)17-12-5-3-4-11(16)8-12/h3-8,19H,1-2H3,(H2,17,18,20). The van der Waals surface area contributed by atoms with Crippen molar-refractivity contribution in [2.45, 2.75) is 13.8 Å². The van der Waals surface area contributed by atoms with Crippen molar-refractivity contribution in [3.8, 4) is 5.75 Å². The predicted octanol–water partition coefficient (Wildman–Crippen LogP) is 4.31. The fraction of sp³-hybridized carbons (Fsp3) is 0.133. The van der Waals surface area contributed by atoms with Gasteiger partial charge in [0, 0.05) is 16.4 Å². The largest absolute Gasteiger partial charge is 0.508 e. The third-order valence-corrected chi connectivity index (χ3v) is 3.11. The minimum atomic E-state index is -0.361. The van der Waals surface area contributed by atoms with Gasteiger partial charge >= 0.3 is 6.03 Å². The Labute approximate surface area is 122 Å². The molecule has 0 aliphatic carbocycles. The molecule has 0 aliphatic heterocycles. The highest BCUT2D eigenvalue weighted by Gasteiger charge is 2.07. The lowest BCUT2D eigenvalue weighted by Crippen LogP contribution is -2.20. The zero-order valence-electron chi connectivity index (χ0n) is 11.2. The smallest absolute Gasteiger partial charge is 0.323 e. The molecule has 0 fully saturated rings. The Balaban J connectivity index is 2.10. The van der Waals surface area contributed by atoms with Gasteiger partial charge in [-0.1, -0.05) is 17.7 Å². The number of rotatable bonds is 2. The number of urea groups is 1. The van der Waals surface area contributed by atoms with Crippen molar-refractivity contribution in [3.05, 3.63) is 52.5 Å². The van der Waals surface area contributed by atoms with E-state index in [9.17, 15) is 9.90 Å². The lowest BCUT2D eigenvalue weighted by atomic mass is 10.1. The molecule has 3 N–H and O–H groups in total. The molecule has 0 bridgehead atoms. The molecule has 2 amide bonds. The zero-order chi connectivity index (χ0) is 14.7. The van der Waals surface area contributed by atoms with Gasteiger partial charge in [-0.05, 0) is 55.3 Å². The quantitative estimate of drug-likeness (QED) is 0.722. The number of phenols is 1. The first-order valence-corrected chi connectivity index (χ1v) is 6.47. The number of hydrogen-bond acceptors (Lipinski definition) is 2. The highest BCUT2D eigenvalue weighted by atomic mass is 35.5. The molecule has 0 heterocycles. The molecule has 0 saturated heterocycles. The normalized spacial score (nSPS) is 10.2. The summed E-state index contributed by atoms with van der Waals surface area (Å²) in [5.41, 5.74) is 2.76. The van der Waals surface area contributed by atoms with E-state index in [4.69, 9.17) is 11.6 Å². The molecule has 2 aromatic carbocycles. The lowest BCUT2D eigenvalue weighted by molar-refractivity contribution is 0.262. The van der Waals surface area contributed by atoms with Crippen LogP contribution in [0.5, 0.6) is 5.75 Å². The van der Waals surface area contributed by atoms with Gasteiger partial charge in [0.05, 0.1) is 0 Å². The molecule has 104 valence electrons. The zero-order valence-corrected chi connectivity index (χ0v) is 12.0. The van der Waals surface area contributed by atoms with Crippen LogP contribution in [0.25, 0.3) is 0 Å². The number of carbonyl (C=O) groups is 1. The van der Waals surface area contributed by atoms with Crippen molar-refractivity contribution >= 4 is 29.0 Å². The van der Waals surface area contributed by atoms with Crippen LogP contribution in [0.2, 0.25) is 5.02 Å². The Morgan fingerprint density at radius 1 is 1.10 bits per heavy atom. The van der Waals surface area contributed by atoms with E-state index >= 15 is 0 Å². The number of carbonyl (C=O) groups excluding carboxylic acids is 1. The van der Waals surface area contributed by atoms with E-state index in [0.717, 1.165) is 5.56 Å². The molecule has 20 heavy (non-hydrogen) atoms. The molecular weight excluding hydrogens is 276 g/mol. The molecule has 0 unspecified atom stereocenters. The first kappa shape index (κ1) is 14.2. The van der Waals surface area contributed by atoms with Gasteiger partial charge in [-0.3, -0.25) is 0 Å². The molecule has 0 aromatic heterocycles. The second-order valence-corrected chi connectivity index (χ2v) is 4.98. The van der Waals surface area contributed by atoms with Crippen molar-refractivity contribution in [3.63, 3.8) is 0 Å². The fourth-order valence-electron chi connectivity index (χ4n) is 1.79. The van der Waals surface area contributed by atoms with E-state index in [1.165, 1.54) is 0 Å². The van der Waals surface area contributed by atoms with E-state index in [1.807, 2.05) is 6.92 Å². The number of aromatic hydroxyl groups is 1. The summed E-state index contributed by atoms with van der Waals surface area (Å²) in [6, 6.07) is 9.88. The molecule has 2 rings (SSSR count).